The van der Waals surface area contributed by atoms with Gasteiger partial charge in [-0.3, -0.25) is 0 Å². The van der Waals surface area contributed by atoms with Gasteiger partial charge in [-0.2, -0.15) is 0 Å². The summed E-state index contributed by atoms with van der Waals surface area (Å²) >= 11 is 0. The first-order valence-corrected chi connectivity index (χ1v) is 13.1. The number of carbonyl (C=O) groups is 2. The molecular formula is C27H40N2O4. The first kappa shape index (κ1) is 24.1. The lowest BCUT2D eigenvalue weighted by Crippen LogP contribution is -2.47. The molecule has 2 atom stereocenters. The molecular weight excluding hydrogens is 416 g/mol. The van der Waals surface area contributed by atoms with Crippen LogP contribution in [-0.2, 0) is 21.0 Å². The molecule has 0 radical (unpaired) electrons. The fourth-order valence-corrected chi connectivity index (χ4v) is 5.80. The van der Waals surface area contributed by atoms with Crippen molar-refractivity contribution in [3.05, 3.63) is 35.9 Å². The van der Waals surface area contributed by atoms with Crippen molar-refractivity contribution in [3.8, 4) is 0 Å². The number of rotatable bonds is 7. The molecule has 2 saturated carbocycles. The Kier molecular flexibility index (Phi) is 8.65. The van der Waals surface area contributed by atoms with Crippen LogP contribution in [0.4, 0.5) is 4.79 Å². The molecule has 6 heteroatoms. The van der Waals surface area contributed by atoms with Gasteiger partial charge in [0.1, 0.15) is 6.61 Å². The standard InChI is InChI=1S/C27H40N2O4/c1-2-22-18-28(27(31)32-20-21-12-6-3-7-13-21)19-25(22)26(30)33-29(23-14-8-4-9-15-23)24-16-10-5-11-17-24/h3,6-7,12-13,22-25H,2,4-5,8-11,14-20H2,1H3/t22-,25+/m1/s1. The van der Waals surface area contributed by atoms with E-state index in [-0.39, 0.29) is 30.5 Å². The monoisotopic (exact) mass is 456 g/mol. The zero-order valence-corrected chi connectivity index (χ0v) is 20.1. The van der Waals surface area contributed by atoms with Gasteiger partial charge in [0.15, 0.2) is 0 Å². The predicted molar refractivity (Wildman–Crippen MR) is 127 cm³/mol. The van der Waals surface area contributed by atoms with Crippen LogP contribution >= 0.6 is 0 Å². The highest BCUT2D eigenvalue weighted by atomic mass is 16.7. The van der Waals surface area contributed by atoms with Gasteiger partial charge in [0.25, 0.3) is 0 Å². The molecule has 0 spiro atoms. The van der Waals surface area contributed by atoms with Gasteiger partial charge in [-0.25, -0.2) is 9.59 Å². The lowest BCUT2D eigenvalue weighted by molar-refractivity contribution is -0.227. The molecule has 0 N–H and O–H groups in total. The molecule has 1 aliphatic heterocycles. The fraction of sp³-hybridized carbons (Fsp3) is 0.704. The molecule has 4 rings (SSSR count). The van der Waals surface area contributed by atoms with E-state index in [2.05, 4.69) is 12.0 Å². The largest absolute Gasteiger partial charge is 0.445 e. The van der Waals surface area contributed by atoms with Crippen molar-refractivity contribution < 1.29 is 19.2 Å². The summed E-state index contributed by atoms with van der Waals surface area (Å²) in [6, 6.07) is 10.4. The zero-order valence-electron chi connectivity index (χ0n) is 20.1. The van der Waals surface area contributed by atoms with Gasteiger partial charge >= 0.3 is 12.1 Å². The van der Waals surface area contributed by atoms with Crippen LogP contribution < -0.4 is 0 Å². The van der Waals surface area contributed by atoms with E-state index in [9.17, 15) is 9.59 Å². The molecule has 6 nitrogen and oxygen atoms in total. The molecule has 3 fully saturated rings. The van der Waals surface area contributed by atoms with Crippen LogP contribution in [0.3, 0.4) is 0 Å². The van der Waals surface area contributed by atoms with Gasteiger partial charge in [0.05, 0.1) is 5.92 Å². The third kappa shape index (κ3) is 6.28. The molecule has 1 heterocycles. The number of carbonyl (C=O) groups excluding carboxylic acids is 2. The van der Waals surface area contributed by atoms with Crippen LogP contribution in [0.1, 0.15) is 83.1 Å². The van der Waals surface area contributed by atoms with E-state index in [1.54, 1.807) is 4.90 Å². The summed E-state index contributed by atoms with van der Waals surface area (Å²) in [6.07, 6.45) is 12.4. The van der Waals surface area contributed by atoms with Gasteiger partial charge in [0, 0.05) is 25.2 Å². The van der Waals surface area contributed by atoms with E-state index < -0.39 is 0 Å². The molecule has 1 aromatic carbocycles. The molecule has 182 valence electrons. The van der Waals surface area contributed by atoms with E-state index in [0.29, 0.717) is 25.2 Å². The highest BCUT2D eigenvalue weighted by molar-refractivity contribution is 5.76. The van der Waals surface area contributed by atoms with Gasteiger partial charge in [-0.15, -0.1) is 5.06 Å². The van der Waals surface area contributed by atoms with Gasteiger partial charge in [0.2, 0.25) is 0 Å². The van der Waals surface area contributed by atoms with Crippen molar-refractivity contribution in [1.29, 1.82) is 0 Å². The maximum Gasteiger partial charge on any atom is 0.410 e. The van der Waals surface area contributed by atoms with Crippen LogP contribution in [0.15, 0.2) is 30.3 Å². The summed E-state index contributed by atoms with van der Waals surface area (Å²) in [5.74, 6) is -0.327. The molecule has 0 bridgehead atoms. The average molecular weight is 457 g/mol. The smallest absolute Gasteiger partial charge is 0.410 e. The Morgan fingerprint density at radius 3 is 2.09 bits per heavy atom. The number of hydrogen-bond acceptors (Lipinski definition) is 5. The van der Waals surface area contributed by atoms with Crippen molar-refractivity contribution in [2.24, 2.45) is 11.8 Å². The number of amides is 1. The predicted octanol–water partition coefficient (Wildman–Crippen LogP) is 5.71. The zero-order chi connectivity index (χ0) is 23.0. The fourth-order valence-electron chi connectivity index (χ4n) is 5.80. The molecule has 1 amide bonds. The molecule has 1 aromatic rings. The Hall–Kier alpha value is -2.08. The van der Waals surface area contributed by atoms with Gasteiger partial charge in [-0.05, 0) is 37.2 Å². The number of hydrogen-bond donors (Lipinski definition) is 0. The Labute approximate surface area is 198 Å². The molecule has 0 unspecified atom stereocenters. The van der Waals surface area contributed by atoms with Crippen LogP contribution in [0.25, 0.3) is 0 Å². The summed E-state index contributed by atoms with van der Waals surface area (Å²) in [5.41, 5.74) is 0.962. The van der Waals surface area contributed by atoms with Crippen LogP contribution in [0.5, 0.6) is 0 Å². The van der Waals surface area contributed by atoms with Crippen LogP contribution in [0.2, 0.25) is 0 Å². The molecule has 2 aliphatic carbocycles. The topological polar surface area (TPSA) is 59.1 Å². The number of ether oxygens (including phenoxy) is 1. The molecule has 0 aromatic heterocycles. The van der Waals surface area contributed by atoms with Gasteiger partial charge in [-0.1, -0.05) is 82.2 Å². The van der Waals surface area contributed by atoms with E-state index in [1.807, 2.05) is 30.3 Å². The minimum absolute atomic E-state index is 0.112. The molecule has 33 heavy (non-hydrogen) atoms. The van der Waals surface area contributed by atoms with Crippen molar-refractivity contribution in [2.45, 2.75) is 96.2 Å². The third-order valence-electron chi connectivity index (χ3n) is 7.80. The third-order valence-corrected chi connectivity index (χ3v) is 7.80. The number of hydroxylamine groups is 2. The Morgan fingerprint density at radius 1 is 0.909 bits per heavy atom. The van der Waals surface area contributed by atoms with Crippen molar-refractivity contribution in [1.82, 2.24) is 9.96 Å². The van der Waals surface area contributed by atoms with Crippen molar-refractivity contribution >= 4 is 12.1 Å². The molecule has 3 aliphatic rings. The van der Waals surface area contributed by atoms with E-state index >= 15 is 0 Å². The lowest BCUT2D eigenvalue weighted by Gasteiger charge is -2.40. The Bertz CT molecular complexity index is 741. The number of benzene rings is 1. The average Bonchev–Trinajstić information content (AvgIpc) is 3.32. The second kappa shape index (κ2) is 11.9. The summed E-state index contributed by atoms with van der Waals surface area (Å²) in [6.45, 7) is 3.27. The Morgan fingerprint density at radius 2 is 1.52 bits per heavy atom. The number of likely N-dealkylation sites (tertiary alicyclic amines) is 1. The maximum absolute atomic E-state index is 13.4. The van der Waals surface area contributed by atoms with Crippen LogP contribution in [-0.4, -0.2) is 47.2 Å². The SMILES string of the molecule is CC[C@@H]1CN(C(=O)OCc2ccccc2)C[C@@H]1C(=O)ON(C1CCCCC1)C1CCCCC1. The van der Waals surface area contributed by atoms with E-state index in [4.69, 9.17) is 9.57 Å². The van der Waals surface area contributed by atoms with E-state index in [1.165, 1.54) is 38.5 Å². The van der Waals surface area contributed by atoms with Crippen molar-refractivity contribution in [3.63, 3.8) is 0 Å². The minimum atomic E-state index is -0.343. The first-order chi connectivity index (χ1) is 16.2. The minimum Gasteiger partial charge on any atom is -0.445 e. The first-order valence-electron chi connectivity index (χ1n) is 13.1. The highest BCUT2D eigenvalue weighted by Crippen LogP contribution is 2.33. The maximum atomic E-state index is 13.4. The second-order valence-electron chi connectivity index (χ2n) is 10.1. The van der Waals surface area contributed by atoms with Crippen LogP contribution in [0, 0.1) is 11.8 Å². The Balaban J connectivity index is 1.37. The lowest BCUT2D eigenvalue weighted by atomic mass is 9.90. The number of nitrogens with zero attached hydrogens (tertiary/aromatic N) is 2. The molecule has 1 saturated heterocycles. The summed E-state index contributed by atoms with van der Waals surface area (Å²) in [4.78, 5) is 34.0. The highest BCUT2D eigenvalue weighted by Gasteiger charge is 2.42. The van der Waals surface area contributed by atoms with E-state index in [0.717, 1.165) is 37.7 Å². The summed E-state index contributed by atoms with van der Waals surface area (Å²) in [5, 5.41) is 2.10. The second-order valence-corrected chi connectivity index (χ2v) is 10.1. The van der Waals surface area contributed by atoms with Gasteiger partial charge < -0.3 is 14.5 Å². The normalized spacial score (nSPS) is 24.7. The summed E-state index contributed by atoms with van der Waals surface area (Å²) < 4.78 is 5.53. The quantitative estimate of drug-likeness (QED) is 0.492. The summed E-state index contributed by atoms with van der Waals surface area (Å²) in [7, 11) is 0. The van der Waals surface area contributed by atoms with Crippen molar-refractivity contribution in [2.75, 3.05) is 13.1 Å².